The van der Waals surface area contributed by atoms with Crippen LogP contribution in [0.3, 0.4) is 0 Å². The molecule has 3 rings (SSSR count). The van der Waals surface area contributed by atoms with Gasteiger partial charge in [0.2, 0.25) is 0 Å². The Balaban J connectivity index is 1.98. The van der Waals surface area contributed by atoms with Gasteiger partial charge >= 0.3 is 4.87 Å². The summed E-state index contributed by atoms with van der Waals surface area (Å²) in [5.41, 5.74) is 2.26. The summed E-state index contributed by atoms with van der Waals surface area (Å²) in [6.07, 6.45) is 2.30. The summed E-state index contributed by atoms with van der Waals surface area (Å²) in [6, 6.07) is 3.69. The van der Waals surface area contributed by atoms with Crippen LogP contribution in [0, 0.1) is 6.92 Å². The van der Waals surface area contributed by atoms with Gasteiger partial charge in [0.05, 0.1) is 0 Å². The first-order chi connectivity index (χ1) is 9.48. The lowest BCUT2D eigenvalue weighted by Crippen LogP contribution is -2.36. The van der Waals surface area contributed by atoms with Gasteiger partial charge in [-0.05, 0) is 18.6 Å². The molecule has 8 heteroatoms. The Hall–Kier alpha value is -1.51. The number of rotatable bonds is 2. The van der Waals surface area contributed by atoms with E-state index in [1.807, 2.05) is 6.07 Å². The molecule has 0 saturated heterocycles. The topological polar surface area (TPSA) is 83.1 Å². The molecule has 0 amide bonds. The molecule has 0 bridgehead atoms. The Kier molecular flexibility index (Phi) is 3.23. The molecule has 0 spiro atoms. The number of H-pyrrole nitrogens is 1. The van der Waals surface area contributed by atoms with Crippen LogP contribution in [0.1, 0.15) is 17.0 Å². The van der Waals surface area contributed by atoms with Crippen molar-refractivity contribution in [1.29, 1.82) is 0 Å². The fourth-order valence-electron chi connectivity index (χ4n) is 2.30. The number of nitrogens with one attached hydrogen (secondary N) is 1. The largest absolute Gasteiger partial charge is 0.315 e. The molecule has 1 aliphatic rings. The lowest BCUT2D eigenvalue weighted by molar-refractivity contribution is 0.388. The molecule has 0 fully saturated rings. The highest BCUT2D eigenvalue weighted by Crippen LogP contribution is 2.26. The molecule has 1 aliphatic heterocycles. The second-order valence-corrected chi connectivity index (χ2v) is 7.74. The van der Waals surface area contributed by atoms with Crippen molar-refractivity contribution in [3.8, 4) is 0 Å². The van der Waals surface area contributed by atoms with Crippen LogP contribution in [-0.2, 0) is 23.0 Å². The van der Waals surface area contributed by atoms with Gasteiger partial charge in [0.15, 0.2) is 4.21 Å². The van der Waals surface area contributed by atoms with Gasteiger partial charge in [-0.1, -0.05) is 17.4 Å². The minimum absolute atomic E-state index is 0.106. The molecule has 1 N–H and O–H groups in total. The summed E-state index contributed by atoms with van der Waals surface area (Å²) in [6.45, 7) is 2.29. The number of aryl methyl sites for hydroxylation is 1. The van der Waals surface area contributed by atoms with Gasteiger partial charge in [0.1, 0.15) is 0 Å². The molecule has 106 valence electrons. The van der Waals surface area contributed by atoms with Crippen LogP contribution in [0.2, 0.25) is 0 Å². The van der Waals surface area contributed by atoms with Crippen molar-refractivity contribution in [3.63, 3.8) is 0 Å². The number of hydrogen-bond acceptors (Lipinski definition) is 5. The molecular formula is C12H13N3O3S2. The third kappa shape index (κ3) is 2.19. The van der Waals surface area contributed by atoms with Crippen LogP contribution < -0.4 is 4.87 Å². The van der Waals surface area contributed by atoms with E-state index in [1.165, 1.54) is 4.31 Å². The first-order valence-electron chi connectivity index (χ1n) is 6.11. The van der Waals surface area contributed by atoms with E-state index in [9.17, 15) is 13.2 Å². The molecule has 0 aromatic carbocycles. The van der Waals surface area contributed by atoms with Crippen molar-refractivity contribution in [2.24, 2.45) is 0 Å². The quantitative estimate of drug-likeness (QED) is 0.892. The third-order valence-electron chi connectivity index (χ3n) is 3.28. The normalized spacial score (nSPS) is 16.1. The zero-order chi connectivity index (χ0) is 14.3. The molecule has 0 radical (unpaired) electrons. The standard InChI is InChI=1S/C12H13N3O3S2/c1-8-11(19-12(16)14-8)20(17,18)15-6-4-10-9(7-15)3-2-5-13-10/h2-3,5H,4,6-7H2,1H3,(H,14,16). The number of aromatic amines is 1. The summed E-state index contributed by atoms with van der Waals surface area (Å²) in [7, 11) is -3.62. The van der Waals surface area contributed by atoms with Crippen LogP contribution in [0.15, 0.2) is 27.3 Å². The summed E-state index contributed by atoms with van der Waals surface area (Å²) in [5.74, 6) is 0. The molecule has 2 aromatic rings. The molecule has 0 saturated carbocycles. The lowest BCUT2D eigenvalue weighted by atomic mass is 10.1. The number of pyridine rings is 1. The maximum atomic E-state index is 12.6. The summed E-state index contributed by atoms with van der Waals surface area (Å²) in [4.78, 5) is 17.7. The Morgan fingerprint density at radius 2 is 2.25 bits per heavy atom. The SMILES string of the molecule is Cc1[nH]c(=O)sc1S(=O)(=O)N1CCc2ncccc2C1. The average molecular weight is 311 g/mol. The van der Waals surface area contributed by atoms with Gasteiger partial charge in [0, 0.05) is 37.1 Å². The van der Waals surface area contributed by atoms with Crippen LogP contribution >= 0.6 is 11.3 Å². The average Bonchev–Trinajstić information content (AvgIpc) is 2.78. The number of sulfonamides is 1. The zero-order valence-corrected chi connectivity index (χ0v) is 12.4. The number of nitrogens with zero attached hydrogens (tertiary/aromatic N) is 2. The van der Waals surface area contributed by atoms with Gasteiger partial charge < -0.3 is 4.98 Å². The van der Waals surface area contributed by atoms with E-state index in [-0.39, 0.29) is 9.08 Å². The van der Waals surface area contributed by atoms with Crippen LogP contribution in [0.4, 0.5) is 0 Å². The lowest BCUT2D eigenvalue weighted by Gasteiger charge is -2.26. The first-order valence-corrected chi connectivity index (χ1v) is 8.37. The van der Waals surface area contributed by atoms with Crippen molar-refractivity contribution < 1.29 is 8.42 Å². The molecule has 3 heterocycles. The Bertz CT molecular complexity index is 807. The molecule has 0 aliphatic carbocycles. The van der Waals surface area contributed by atoms with Gasteiger partial charge in [0.25, 0.3) is 10.0 Å². The monoisotopic (exact) mass is 311 g/mol. The number of thiazole rings is 1. The predicted octanol–water partition coefficient (Wildman–Crippen LogP) is 0.887. The summed E-state index contributed by atoms with van der Waals surface area (Å²) >= 11 is 0.740. The van der Waals surface area contributed by atoms with Crippen molar-refractivity contribution in [3.05, 3.63) is 44.9 Å². The molecule has 0 atom stereocenters. The van der Waals surface area contributed by atoms with Crippen LogP contribution in [-0.4, -0.2) is 29.2 Å². The fourth-order valence-corrected chi connectivity index (χ4v) is 5.15. The highest BCUT2D eigenvalue weighted by atomic mass is 32.2. The Morgan fingerprint density at radius 3 is 2.95 bits per heavy atom. The minimum Gasteiger partial charge on any atom is -0.315 e. The fraction of sp³-hybridized carbons (Fsp3) is 0.333. The van der Waals surface area contributed by atoms with Crippen molar-refractivity contribution >= 4 is 21.4 Å². The van der Waals surface area contributed by atoms with Crippen molar-refractivity contribution in [2.75, 3.05) is 6.54 Å². The molecule has 0 unspecified atom stereocenters. The maximum Gasteiger partial charge on any atom is 0.305 e. The van der Waals surface area contributed by atoms with E-state index in [4.69, 9.17) is 0 Å². The summed E-state index contributed by atoms with van der Waals surface area (Å²) < 4.78 is 26.7. The van der Waals surface area contributed by atoms with E-state index < -0.39 is 10.0 Å². The Morgan fingerprint density at radius 1 is 1.45 bits per heavy atom. The van der Waals surface area contributed by atoms with Crippen LogP contribution in [0.5, 0.6) is 0 Å². The zero-order valence-electron chi connectivity index (χ0n) is 10.8. The van der Waals surface area contributed by atoms with Gasteiger partial charge in [-0.3, -0.25) is 9.78 Å². The van der Waals surface area contributed by atoms with Crippen molar-refractivity contribution in [1.82, 2.24) is 14.3 Å². The smallest absolute Gasteiger partial charge is 0.305 e. The molecular weight excluding hydrogens is 298 g/mol. The summed E-state index contributed by atoms with van der Waals surface area (Å²) in [5, 5.41) is 0. The van der Waals surface area contributed by atoms with E-state index in [1.54, 1.807) is 19.2 Å². The maximum absolute atomic E-state index is 12.6. The molecule has 2 aromatic heterocycles. The van der Waals surface area contributed by atoms with E-state index in [2.05, 4.69) is 9.97 Å². The predicted molar refractivity (Wildman–Crippen MR) is 75.2 cm³/mol. The van der Waals surface area contributed by atoms with E-state index in [0.29, 0.717) is 25.2 Å². The van der Waals surface area contributed by atoms with Gasteiger partial charge in [-0.15, -0.1) is 0 Å². The Labute approximate surface area is 120 Å². The number of hydrogen-bond donors (Lipinski definition) is 1. The number of fused-ring (bicyclic) bond motifs is 1. The van der Waals surface area contributed by atoms with Crippen LogP contribution in [0.25, 0.3) is 0 Å². The van der Waals surface area contributed by atoms with Gasteiger partial charge in [-0.25, -0.2) is 8.42 Å². The third-order valence-corrected chi connectivity index (χ3v) is 6.71. The highest BCUT2D eigenvalue weighted by molar-refractivity contribution is 7.91. The van der Waals surface area contributed by atoms with E-state index in [0.717, 1.165) is 22.6 Å². The second kappa shape index (κ2) is 4.80. The van der Waals surface area contributed by atoms with E-state index >= 15 is 0 Å². The minimum atomic E-state index is -3.62. The molecule has 20 heavy (non-hydrogen) atoms. The highest BCUT2D eigenvalue weighted by Gasteiger charge is 2.31. The number of aromatic nitrogens is 2. The van der Waals surface area contributed by atoms with Gasteiger partial charge in [-0.2, -0.15) is 4.31 Å². The first kappa shape index (κ1) is 13.5. The van der Waals surface area contributed by atoms with Crippen molar-refractivity contribution in [2.45, 2.75) is 24.1 Å². The molecule has 6 nitrogen and oxygen atoms in total. The second-order valence-electron chi connectivity index (χ2n) is 4.62.